The number of fused-ring (bicyclic) bond motifs is 1. The van der Waals surface area contributed by atoms with Crippen LogP contribution < -0.4 is 5.32 Å². The van der Waals surface area contributed by atoms with Crippen molar-refractivity contribution < 1.29 is 14.0 Å². The Morgan fingerprint density at radius 1 is 1.35 bits per heavy atom. The van der Waals surface area contributed by atoms with Crippen molar-refractivity contribution in [2.24, 2.45) is 0 Å². The molecule has 2 N–H and O–H groups in total. The molecule has 0 saturated carbocycles. The molecule has 2 aromatic rings. The number of nitrogens with zero attached hydrogens (tertiary/aromatic N) is 2. The monoisotopic (exact) mass is 314 g/mol. The zero-order valence-corrected chi connectivity index (χ0v) is 12.9. The van der Waals surface area contributed by atoms with Crippen molar-refractivity contribution in [3.8, 4) is 0 Å². The fourth-order valence-corrected chi connectivity index (χ4v) is 2.41. The minimum absolute atomic E-state index is 0.231. The number of rotatable bonds is 2. The summed E-state index contributed by atoms with van der Waals surface area (Å²) in [4.78, 5) is 32.7. The van der Waals surface area contributed by atoms with Crippen molar-refractivity contribution in [3.63, 3.8) is 0 Å². The maximum absolute atomic E-state index is 13.4. The van der Waals surface area contributed by atoms with E-state index in [1.54, 1.807) is 21.0 Å². The quantitative estimate of drug-likeness (QED) is 0.833. The number of nitrogens with one attached hydrogen (secondary N) is 2. The standard InChI is InChI=1S/C16H15FN4O2/c1-8-14(16(23)21(2)3)20-13(18-8)7-11-10-6-9(17)4-5-12(10)19-15(11)22/h4-7H,1-3H3,(H,18,20)(H,19,22). The van der Waals surface area contributed by atoms with Crippen molar-refractivity contribution in [3.05, 3.63) is 46.8 Å². The number of aromatic nitrogens is 2. The number of imidazole rings is 1. The van der Waals surface area contributed by atoms with Gasteiger partial charge >= 0.3 is 0 Å². The fraction of sp³-hybridized carbons (Fsp3) is 0.188. The molecule has 118 valence electrons. The number of H-pyrrole nitrogens is 1. The lowest BCUT2D eigenvalue weighted by molar-refractivity contribution is -0.110. The van der Waals surface area contributed by atoms with E-state index in [0.29, 0.717) is 34.0 Å². The number of aromatic amines is 1. The van der Waals surface area contributed by atoms with Crippen molar-refractivity contribution in [1.29, 1.82) is 0 Å². The molecule has 0 atom stereocenters. The highest BCUT2D eigenvalue weighted by Crippen LogP contribution is 2.33. The van der Waals surface area contributed by atoms with Gasteiger partial charge in [-0.1, -0.05) is 0 Å². The lowest BCUT2D eigenvalue weighted by Crippen LogP contribution is -2.22. The average molecular weight is 314 g/mol. The van der Waals surface area contributed by atoms with Crippen molar-refractivity contribution in [2.75, 3.05) is 19.4 Å². The Morgan fingerprint density at radius 2 is 2.09 bits per heavy atom. The second-order valence-corrected chi connectivity index (χ2v) is 5.50. The molecule has 0 aliphatic carbocycles. The van der Waals surface area contributed by atoms with E-state index in [4.69, 9.17) is 0 Å². The van der Waals surface area contributed by atoms with Gasteiger partial charge in [-0.25, -0.2) is 9.37 Å². The van der Waals surface area contributed by atoms with E-state index in [1.165, 1.54) is 29.2 Å². The number of carbonyl (C=O) groups is 2. The van der Waals surface area contributed by atoms with E-state index in [2.05, 4.69) is 15.3 Å². The lowest BCUT2D eigenvalue weighted by Gasteiger charge is -2.07. The largest absolute Gasteiger partial charge is 0.343 e. The SMILES string of the molecule is Cc1[nH]c(C=C2C(=O)Nc3ccc(F)cc32)nc1C(=O)N(C)C. The molecule has 0 radical (unpaired) electrons. The highest BCUT2D eigenvalue weighted by Gasteiger charge is 2.25. The fourth-order valence-electron chi connectivity index (χ4n) is 2.41. The minimum Gasteiger partial charge on any atom is -0.343 e. The zero-order valence-electron chi connectivity index (χ0n) is 12.9. The van der Waals surface area contributed by atoms with Crippen LogP contribution in [0.3, 0.4) is 0 Å². The van der Waals surface area contributed by atoms with Gasteiger partial charge in [-0.15, -0.1) is 0 Å². The summed E-state index contributed by atoms with van der Waals surface area (Å²) < 4.78 is 13.4. The molecule has 6 nitrogen and oxygen atoms in total. The number of hydrogen-bond acceptors (Lipinski definition) is 3. The zero-order chi connectivity index (χ0) is 16.7. The molecule has 0 fully saturated rings. The van der Waals surface area contributed by atoms with Gasteiger partial charge in [0.15, 0.2) is 0 Å². The first kappa shape index (κ1) is 15.0. The second-order valence-electron chi connectivity index (χ2n) is 5.50. The van der Waals surface area contributed by atoms with E-state index < -0.39 is 5.82 Å². The number of anilines is 1. The van der Waals surface area contributed by atoms with Crippen LogP contribution >= 0.6 is 0 Å². The van der Waals surface area contributed by atoms with Gasteiger partial charge in [-0.3, -0.25) is 9.59 Å². The first-order chi connectivity index (χ1) is 10.9. The molecule has 1 aliphatic rings. The van der Waals surface area contributed by atoms with Crippen LogP contribution in [0.4, 0.5) is 10.1 Å². The van der Waals surface area contributed by atoms with Gasteiger partial charge in [0.1, 0.15) is 17.3 Å². The summed E-state index contributed by atoms with van der Waals surface area (Å²) in [6, 6.07) is 4.09. The van der Waals surface area contributed by atoms with Crippen LogP contribution in [0.1, 0.15) is 27.6 Å². The van der Waals surface area contributed by atoms with E-state index in [1.807, 2.05) is 0 Å². The van der Waals surface area contributed by atoms with Crippen LogP contribution in [0, 0.1) is 12.7 Å². The highest BCUT2D eigenvalue weighted by molar-refractivity contribution is 6.34. The number of aryl methyl sites for hydroxylation is 1. The van der Waals surface area contributed by atoms with Crippen LogP contribution in [-0.4, -0.2) is 40.8 Å². The molecule has 7 heteroatoms. The second kappa shape index (κ2) is 5.35. The Hall–Kier alpha value is -2.96. The maximum atomic E-state index is 13.4. The van der Waals surface area contributed by atoms with Gasteiger partial charge in [-0.05, 0) is 31.2 Å². The Bertz CT molecular complexity index is 852. The third-order valence-corrected chi connectivity index (χ3v) is 3.56. The first-order valence-electron chi connectivity index (χ1n) is 6.98. The maximum Gasteiger partial charge on any atom is 0.273 e. The molecule has 0 saturated heterocycles. The number of carbonyl (C=O) groups excluding carboxylic acids is 2. The summed E-state index contributed by atoms with van der Waals surface area (Å²) in [5.74, 6) is -0.619. The van der Waals surface area contributed by atoms with Crippen molar-refractivity contribution in [1.82, 2.24) is 14.9 Å². The van der Waals surface area contributed by atoms with Gasteiger partial charge in [0, 0.05) is 31.0 Å². The number of hydrogen-bond donors (Lipinski definition) is 2. The van der Waals surface area contributed by atoms with Crippen molar-refractivity contribution in [2.45, 2.75) is 6.92 Å². The molecule has 1 aromatic carbocycles. The van der Waals surface area contributed by atoms with E-state index >= 15 is 0 Å². The molecule has 23 heavy (non-hydrogen) atoms. The normalized spacial score (nSPS) is 14.8. The average Bonchev–Trinajstić information content (AvgIpc) is 2.99. The molecule has 0 spiro atoms. The van der Waals surface area contributed by atoms with Crippen LogP contribution in [-0.2, 0) is 4.79 Å². The predicted molar refractivity (Wildman–Crippen MR) is 84.2 cm³/mol. The molecule has 1 aromatic heterocycles. The van der Waals surface area contributed by atoms with Gasteiger partial charge in [0.25, 0.3) is 11.8 Å². The Labute approximate surface area is 132 Å². The molecule has 3 rings (SSSR count). The topological polar surface area (TPSA) is 78.1 Å². The summed E-state index contributed by atoms with van der Waals surface area (Å²) in [6.45, 7) is 1.73. The van der Waals surface area contributed by atoms with Crippen LogP contribution in [0.15, 0.2) is 18.2 Å². The summed E-state index contributed by atoms with van der Waals surface area (Å²) in [6.07, 6.45) is 1.51. The van der Waals surface area contributed by atoms with E-state index in [-0.39, 0.29) is 11.8 Å². The molecule has 2 heterocycles. The van der Waals surface area contributed by atoms with Crippen LogP contribution in [0.25, 0.3) is 11.6 Å². The molecular formula is C16H15FN4O2. The summed E-state index contributed by atoms with van der Waals surface area (Å²) in [7, 11) is 3.27. The molecule has 0 unspecified atom stereocenters. The molecular weight excluding hydrogens is 299 g/mol. The van der Waals surface area contributed by atoms with Gasteiger partial charge in [-0.2, -0.15) is 0 Å². The van der Waals surface area contributed by atoms with Gasteiger partial charge < -0.3 is 15.2 Å². The van der Waals surface area contributed by atoms with E-state index in [9.17, 15) is 14.0 Å². The molecule has 0 bridgehead atoms. The smallest absolute Gasteiger partial charge is 0.273 e. The number of benzene rings is 1. The van der Waals surface area contributed by atoms with Crippen LogP contribution in [0.2, 0.25) is 0 Å². The Balaban J connectivity index is 2.03. The predicted octanol–water partition coefficient (Wildman–Crippen LogP) is 2.05. The third kappa shape index (κ3) is 2.61. The van der Waals surface area contributed by atoms with Gasteiger partial charge in [0.2, 0.25) is 0 Å². The number of amides is 2. The highest BCUT2D eigenvalue weighted by atomic mass is 19.1. The summed E-state index contributed by atoms with van der Waals surface area (Å²) >= 11 is 0. The van der Waals surface area contributed by atoms with Gasteiger partial charge in [0.05, 0.1) is 5.57 Å². The summed E-state index contributed by atoms with van der Waals surface area (Å²) in [5, 5.41) is 2.67. The van der Waals surface area contributed by atoms with E-state index in [0.717, 1.165) is 0 Å². The molecule has 2 amide bonds. The minimum atomic E-state index is -0.426. The molecule has 1 aliphatic heterocycles. The lowest BCUT2D eigenvalue weighted by atomic mass is 10.1. The number of halogens is 1. The summed E-state index contributed by atoms with van der Waals surface area (Å²) in [5.41, 5.74) is 2.23. The third-order valence-electron chi connectivity index (χ3n) is 3.56. The van der Waals surface area contributed by atoms with Crippen molar-refractivity contribution >= 4 is 29.2 Å². The first-order valence-corrected chi connectivity index (χ1v) is 6.98. The Kier molecular flexibility index (Phi) is 3.48. The Morgan fingerprint density at radius 3 is 2.78 bits per heavy atom. The van der Waals surface area contributed by atoms with Crippen LogP contribution in [0.5, 0.6) is 0 Å².